The van der Waals surface area contributed by atoms with Crippen molar-refractivity contribution >= 4 is 86.2 Å². The van der Waals surface area contributed by atoms with Gasteiger partial charge < -0.3 is 8.98 Å². The Kier molecular flexibility index (Phi) is 5.51. The zero-order valence-corrected chi connectivity index (χ0v) is 26.9. The Hall–Kier alpha value is -6.30. The van der Waals surface area contributed by atoms with E-state index in [1.807, 2.05) is 47.7 Å². The van der Waals surface area contributed by atoms with Crippen LogP contribution in [0.2, 0.25) is 0 Å². The molecule has 228 valence electrons. The van der Waals surface area contributed by atoms with Gasteiger partial charge in [-0.25, -0.2) is 9.97 Å². The van der Waals surface area contributed by atoms with E-state index in [2.05, 4.69) is 120 Å². The van der Waals surface area contributed by atoms with Crippen LogP contribution in [0.25, 0.3) is 103 Å². The monoisotopic (exact) mass is 643 g/mol. The van der Waals surface area contributed by atoms with E-state index in [-0.39, 0.29) is 0 Å². The summed E-state index contributed by atoms with van der Waals surface area (Å²) in [5, 5.41) is 8.56. The predicted octanol–water partition coefficient (Wildman–Crippen LogP) is 12.3. The van der Waals surface area contributed by atoms with Gasteiger partial charge in [0.2, 0.25) is 0 Å². The number of fused-ring (bicyclic) bond motifs is 11. The minimum Gasteiger partial charge on any atom is -0.452 e. The summed E-state index contributed by atoms with van der Waals surface area (Å²) in [6.45, 7) is 0. The topological polar surface area (TPSA) is 43.9 Å². The lowest BCUT2D eigenvalue weighted by Crippen LogP contribution is -1.95. The zero-order valence-electron chi connectivity index (χ0n) is 26.1. The Morgan fingerprint density at radius 3 is 2.22 bits per heavy atom. The predicted molar refractivity (Wildman–Crippen MR) is 205 cm³/mol. The Bertz CT molecular complexity index is 3110. The molecule has 0 N–H and O–H groups in total. The fourth-order valence-corrected chi connectivity index (χ4v) is 8.81. The van der Waals surface area contributed by atoms with Crippen molar-refractivity contribution in [3.63, 3.8) is 0 Å². The molecule has 0 radical (unpaired) electrons. The highest BCUT2D eigenvalue weighted by Crippen LogP contribution is 2.43. The van der Waals surface area contributed by atoms with E-state index >= 15 is 0 Å². The molecule has 11 rings (SSSR count). The van der Waals surface area contributed by atoms with Gasteiger partial charge in [-0.05, 0) is 53.2 Å². The summed E-state index contributed by atoms with van der Waals surface area (Å²) in [5.74, 6) is 0.687. The van der Waals surface area contributed by atoms with E-state index in [0.717, 1.165) is 33.3 Å². The Balaban J connectivity index is 1.15. The largest absolute Gasteiger partial charge is 0.452 e. The van der Waals surface area contributed by atoms with Gasteiger partial charge in [0.25, 0.3) is 0 Å². The first-order valence-electron chi connectivity index (χ1n) is 16.4. The lowest BCUT2D eigenvalue weighted by Gasteiger charge is -2.11. The third kappa shape index (κ3) is 3.85. The summed E-state index contributed by atoms with van der Waals surface area (Å²) in [6, 6.07) is 53.7. The van der Waals surface area contributed by atoms with Crippen molar-refractivity contribution in [1.29, 1.82) is 0 Å². The van der Waals surface area contributed by atoms with E-state index in [4.69, 9.17) is 14.4 Å². The normalized spacial score (nSPS) is 12.1. The maximum Gasteiger partial charge on any atom is 0.180 e. The summed E-state index contributed by atoms with van der Waals surface area (Å²) < 4.78 is 11.2. The van der Waals surface area contributed by atoms with Crippen molar-refractivity contribution in [2.45, 2.75) is 0 Å². The van der Waals surface area contributed by atoms with E-state index in [9.17, 15) is 0 Å². The fraction of sp³-hybridized carbons (Fsp3) is 0. The highest BCUT2D eigenvalue weighted by molar-refractivity contribution is 7.26. The number of hydrogen-bond acceptors (Lipinski definition) is 4. The quantitative estimate of drug-likeness (QED) is 0.192. The lowest BCUT2D eigenvalue weighted by atomic mass is 10.0. The average Bonchev–Trinajstić information content (AvgIpc) is 3.84. The molecule has 0 spiro atoms. The van der Waals surface area contributed by atoms with Crippen LogP contribution in [0, 0.1) is 0 Å². The van der Waals surface area contributed by atoms with E-state index in [1.165, 1.54) is 58.4 Å². The number of hydrogen-bond donors (Lipinski definition) is 0. The van der Waals surface area contributed by atoms with Crippen LogP contribution < -0.4 is 0 Å². The van der Waals surface area contributed by atoms with Crippen LogP contribution in [0.5, 0.6) is 0 Å². The second-order valence-electron chi connectivity index (χ2n) is 12.5. The number of benzene rings is 7. The minimum absolute atomic E-state index is 0.687. The van der Waals surface area contributed by atoms with Crippen LogP contribution in [-0.2, 0) is 0 Å². The SMILES string of the molecule is c1ccc(-c2nc(-c3ccc4c(c3)sc3cccc(-n5c6ccccc6c6c7ccccc7ccc65)c34)nc3c2oc2ccccc23)cc1. The summed E-state index contributed by atoms with van der Waals surface area (Å²) in [7, 11) is 0. The maximum atomic E-state index is 6.35. The molecule has 5 heteroatoms. The number of rotatable bonds is 3. The highest BCUT2D eigenvalue weighted by Gasteiger charge is 2.21. The number of para-hydroxylation sites is 2. The summed E-state index contributed by atoms with van der Waals surface area (Å²) >= 11 is 1.82. The number of furan rings is 1. The van der Waals surface area contributed by atoms with Crippen molar-refractivity contribution in [2.24, 2.45) is 0 Å². The average molecular weight is 644 g/mol. The first kappa shape index (κ1) is 26.7. The first-order chi connectivity index (χ1) is 24.3. The third-order valence-electron chi connectivity index (χ3n) is 9.80. The molecule has 0 aliphatic carbocycles. The van der Waals surface area contributed by atoms with Gasteiger partial charge >= 0.3 is 0 Å². The van der Waals surface area contributed by atoms with Crippen molar-refractivity contribution in [1.82, 2.24) is 14.5 Å². The van der Waals surface area contributed by atoms with Crippen molar-refractivity contribution in [3.05, 3.63) is 152 Å². The maximum absolute atomic E-state index is 6.35. The molecular weight excluding hydrogens is 619 g/mol. The Morgan fingerprint density at radius 1 is 0.510 bits per heavy atom. The zero-order chi connectivity index (χ0) is 32.1. The van der Waals surface area contributed by atoms with Crippen molar-refractivity contribution in [3.8, 4) is 28.3 Å². The smallest absolute Gasteiger partial charge is 0.180 e. The molecule has 0 aliphatic heterocycles. The van der Waals surface area contributed by atoms with Gasteiger partial charge in [-0.1, -0.05) is 109 Å². The van der Waals surface area contributed by atoms with Crippen molar-refractivity contribution < 1.29 is 4.42 Å². The fourth-order valence-electron chi connectivity index (χ4n) is 7.64. The van der Waals surface area contributed by atoms with Crippen LogP contribution >= 0.6 is 11.3 Å². The molecule has 49 heavy (non-hydrogen) atoms. The van der Waals surface area contributed by atoms with Crippen LogP contribution in [0.1, 0.15) is 0 Å². The third-order valence-corrected chi connectivity index (χ3v) is 10.9. The molecule has 0 fully saturated rings. The van der Waals surface area contributed by atoms with E-state index in [0.29, 0.717) is 11.4 Å². The molecule has 4 aromatic heterocycles. The Labute approximate surface area is 284 Å². The molecule has 0 unspecified atom stereocenters. The molecule has 4 nitrogen and oxygen atoms in total. The van der Waals surface area contributed by atoms with Crippen LogP contribution in [0.4, 0.5) is 0 Å². The summed E-state index contributed by atoms with van der Waals surface area (Å²) in [4.78, 5) is 10.3. The van der Waals surface area contributed by atoms with Gasteiger partial charge in [-0.3, -0.25) is 0 Å². The van der Waals surface area contributed by atoms with Gasteiger partial charge in [-0.2, -0.15) is 0 Å². The molecular formula is C44H25N3OS. The second kappa shape index (κ2) is 10.1. The number of aromatic nitrogens is 3. The van der Waals surface area contributed by atoms with Crippen LogP contribution in [0.15, 0.2) is 156 Å². The van der Waals surface area contributed by atoms with E-state index in [1.54, 1.807) is 0 Å². The molecule has 0 saturated carbocycles. The van der Waals surface area contributed by atoms with Crippen LogP contribution in [-0.4, -0.2) is 14.5 Å². The summed E-state index contributed by atoms with van der Waals surface area (Å²) in [5.41, 5.74) is 8.74. The summed E-state index contributed by atoms with van der Waals surface area (Å²) in [6.07, 6.45) is 0. The van der Waals surface area contributed by atoms with Gasteiger partial charge in [-0.15, -0.1) is 11.3 Å². The van der Waals surface area contributed by atoms with Crippen LogP contribution in [0.3, 0.4) is 0 Å². The number of nitrogens with zero attached hydrogens (tertiary/aromatic N) is 3. The molecule has 0 bridgehead atoms. The minimum atomic E-state index is 0.687. The number of thiophene rings is 1. The first-order valence-corrected chi connectivity index (χ1v) is 17.2. The standard InChI is InChI=1S/C44H25N3OS/c1-2-12-27(13-3-1)41-43-42(31-16-7-9-19-36(31)48-43)46-44(45-41)28-21-23-32-38(25-28)49-37-20-10-18-34(40(32)37)47-33-17-8-6-15-30(33)39-29-14-5-4-11-26(29)22-24-35(39)47/h1-25H. The lowest BCUT2D eigenvalue weighted by molar-refractivity contribution is 0.667. The molecule has 0 saturated heterocycles. The Morgan fingerprint density at radius 2 is 1.31 bits per heavy atom. The molecule has 4 heterocycles. The molecule has 11 aromatic rings. The van der Waals surface area contributed by atoms with Gasteiger partial charge in [0.15, 0.2) is 11.4 Å². The van der Waals surface area contributed by atoms with Gasteiger partial charge in [0, 0.05) is 47.5 Å². The molecule has 0 aliphatic rings. The molecule has 0 atom stereocenters. The molecule has 0 amide bonds. The van der Waals surface area contributed by atoms with E-state index < -0.39 is 0 Å². The van der Waals surface area contributed by atoms with Crippen molar-refractivity contribution in [2.75, 3.05) is 0 Å². The van der Waals surface area contributed by atoms with Gasteiger partial charge in [0.1, 0.15) is 16.8 Å². The highest BCUT2D eigenvalue weighted by atomic mass is 32.1. The molecule has 7 aromatic carbocycles. The second-order valence-corrected chi connectivity index (χ2v) is 13.6. The van der Waals surface area contributed by atoms with Gasteiger partial charge in [0.05, 0.1) is 16.7 Å².